The second kappa shape index (κ2) is 8.37. The zero-order valence-corrected chi connectivity index (χ0v) is 16.2. The highest BCUT2D eigenvalue weighted by atomic mass is 32.2. The summed E-state index contributed by atoms with van der Waals surface area (Å²) in [7, 11) is -4.07. The molecule has 0 aliphatic rings. The van der Waals surface area contributed by atoms with Crippen LogP contribution in [0, 0.1) is 0 Å². The molecule has 0 aliphatic heterocycles. The number of aliphatic hydroxyl groups is 1. The van der Waals surface area contributed by atoms with Crippen molar-refractivity contribution in [1.29, 1.82) is 0 Å². The van der Waals surface area contributed by atoms with Gasteiger partial charge in [0.05, 0.1) is 17.6 Å². The van der Waals surface area contributed by atoms with Gasteiger partial charge in [-0.15, -0.1) is 0 Å². The lowest BCUT2D eigenvalue weighted by Gasteiger charge is -2.15. The van der Waals surface area contributed by atoms with Crippen LogP contribution >= 0.6 is 0 Å². The van der Waals surface area contributed by atoms with Gasteiger partial charge in [-0.25, -0.2) is 9.78 Å². The lowest BCUT2D eigenvalue weighted by Crippen LogP contribution is -2.22. The number of carbonyl (C=O) groups is 1. The van der Waals surface area contributed by atoms with Crippen LogP contribution in [0.4, 0.5) is 16.4 Å². The summed E-state index contributed by atoms with van der Waals surface area (Å²) < 4.78 is 30.2. The number of rotatable bonds is 8. The number of carboxylic acid groups (broad SMARTS) is 1. The number of fused-ring (bicyclic) bond motifs is 1. The van der Waals surface area contributed by atoms with Crippen LogP contribution in [-0.4, -0.2) is 47.3 Å². The molecule has 29 heavy (non-hydrogen) atoms. The van der Waals surface area contributed by atoms with Gasteiger partial charge in [0.15, 0.2) is 0 Å². The summed E-state index contributed by atoms with van der Waals surface area (Å²) >= 11 is 0. The van der Waals surface area contributed by atoms with Gasteiger partial charge in [0.2, 0.25) is 5.95 Å². The average Bonchev–Trinajstić information content (AvgIpc) is 3.06. The van der Waals surface area contributed by atoms with Crippen LogP contribution in [0.15, 0.2) is 47.4 Å². The van der Waals surface area contributed by atoms with E-state index in [-0.39, 0.29) is 29.2 Å². The van der Waals surface area contributed by atoms with Crippen molar-refractivity contribution < 1.29 is 27.6 Å². The van der Waals surface area contributed by atoms with Crippen molar-refractivity contribution in [3.05, 3.63) is 42.5 Å². The van der Waals surface area contributed by atoms with Crippen molar-refractivity contribution in [2.24, 2.45) is 0 Å². The van der Waals surface area contributed by atoms with E-state index in [1.807, 2.05) is 6.92 Å². The van der Waals surface area contributed by atoms with Gasteiger partial charge >= 0.3 is 16.2 Å². The van der Waals surface area contributed by atoms with E-state index in [0.29, 0.717) is 16.7 Å². The molecule has 0 fully saturated rings. The van der Waals surface area contributed by atoms with Crippen molar-refractivity contribution in [3.8, 4) is 5.75 Å². The third kappa shape index (κ3) is 4.95. The smallest absolute Gasteiger partial charge is 0.411 e. The number of imidazole rings is 1. The van der Waals surface area contributed by atoms with Crippen molar-refractivity contribution >= 4 is 38.9 Å². The Morgan fingerprint density at radius 3 is 2.59 bits per heavy atom. The summed E-state index contributed by atoms with van der Waals surface area (Å²) in [4.78, 5) is 17.4. The number of nitrogens with zero attached hydrogens (tertiary/aromatic N) is 1. The first kappa shape index (κ1) is 20.4. The van der Waals surface area contributed by atoms with Gasteiger partial charge in [-0.1, -0.05) is 6.92 Å². The molecule has 1 unspecified atom stereocenters. The second-order valence-corrected chi connectivity index (χ2v) is 7.73. The summed E-state index contributed by atoms with van der Waals surface area (Å²) in [6.45, 7) is 1.90. The Balaban J connectivity index is 1.77. The normalized spacial score (nSPS) is 12.5. The summed E-state index contributed by atoms with van der Waals surface area (Å²) in [6, 6.07) is 10.2. The Kier molecular flexibility index (Phi) is 5.89. The highest BCUT2D eigenvalue weighted by Gasteiger charge is 2.18. The number of nitrogens with one attached hydrogen (secondary N) is 3. The summed E-state index contributed by atoms with van der Waals surface area (Å²) in [5, 5.41) is 23.1. The predicted molar refractivity (Wildman–Crippen MR) is 107 cm³/mol. The van der Waals surface area contributed by atoms with Crippen molar-refractivity contribution in [3.63, 3.8) is 0 Å². The highest BCUT2D eigenvalue weighted by Crippen LogP contribution is 2.24. The van der Waals surface area contributed by atoms with Crippen LogP contribution in [0.3, 0.4) is 0 Å². The summed E-state index contributed by atoms with van der Waals surface area (Å²) in [5.41, 5.74) is 1.54. The standard InChI is InChI=1S/C18H20N4O6S/c1-2-11(10-23)19-12-3-6-14(7-4-12)29(26,27)28-13-5-8-15-16(9-13)21-17(20-15)22-18(24)25/h3-9,11,19,23H,2,10H2,1H3,(H,24,25)(H2,20,21,22). The van der Waals surface area contributed by atoms with Gasteiger partial charge < -0.3 is 24.7 Å². The third-order valence-electron chi connectivity index (χ3n) is 4.11. The van der Waals surface area contributed by atoms with Gasteiger partial charge in [0, 0.05) is 17.8 Å². The molecule has 3 rings (SSSR count). The third-order valence-corrected chi connectivity index (χ3v) is 5.37. The largest absolute Gasteiger partial charge is 0.465 e. The predicted octanol–water partition coefficient (Wildman–Crippen LogP) is 2.60. The number of aromatic amines is 1. The number of benzene rings is 2. The molecule has 0 bridgehead atoms. The Bertz CT molecular complexity index is 1110. The van der Waals surface area contributed by atoms with E-state index in [4.69, 9.17) is 9.29 Å². The minimum absolute atomic E-state index is 0.0175. The van der Waals surface area contributed by atoms with Gasteiger partial charge in [0.25, 0.3) is 0 Å². The Morgan fingerprint density at radius 2 is 1.97 bits per heavy atom. The monoisotopic (exact) mass is 420 g/mol. The molecule has 5 N–H and O–H groups in total. The fourth-order valence-corrected chi connectivity index (χ4v) is 3.53. The van der Waals surface area contributed by atoms with Crippen LogP contribution < -0.4 is 14.8 Å². The average molecular weight is 420 g/mol. The van der Waals surface area contributed by atoms with Crippen molar-refractivity contribution in [2.75, 3.05) is 17.2 Å². The Morgan fingerprint density at radius 1 is 1.24 bits per heavy atom. The van der Waals surface area contributed by atoms with Crippen LogP contribution in [-0.2, 0) is 10.1 Å². The number of amides is 1. The van der Waals surface area contributed by atoms with E-state index in [0.717, 1.165) is 6.42 Å². The maximum atomic E-state index is 12.5. The minimum Gasteiger partial charge on any atom is -0.465 e. The van der Waals surface area contributed by atoms with Gasteiger partial charge in [0.1, 0.15) is 10.6 Å². The molecule has 0 spiro atoms. The molecular formula is C18H20N4O6S. The van der Waals surface area contributed by atoms with Crippen LogP contribution in [0.1, 0.15) is 13.3 Å². The number of hydrogen-bond acceptors (Lipinski definition) is 7. The minimum atomic E-state index is -4.07. The van der Waals surface area contributed by atoms with E-state index < -0.39 is 16.2 Å². The SMILES string of the molecule is CCC(CO)Nc1ccc(S(=O)(=O)Oc2ccc3nc(NC(=O)O)[nH]c3c2)cc1. The molecule has 0 aliphatic carbocycles. The Hall–Kier alpha value is -3.31. The topological polar surface area (TPSA) is 154 Å². The van der Waals surface area contributed by atoms with E-state index in [2.05, 4.69) is 20.6 Å². The zero-order valence-electron chi connectivity index (χ0n) is 15.4. The first-order chi connectivity index (χ1) is 13.8. The molecule has 1 amide bonds. The first-order valence-electron chi connectivity index (χ1n) is 8.72. The molecule has 154 valence electrons. The summed E-state index contributed by atoms with van der Waals surface area (Å²) in [6.07, 6.45) is -0.551. The molecule has 1 aromatic heterocycles. The Labute approximate surface area is 166 Å². The number of H-pyrrole nitrogens is 1. The molecule has 1 atom stereocenters. The number of anilines is 2. The van der Waals surface area contributed by atoms with E-state index in [1.54, 1.807) is 12.1 Å². The molecule has 10 nitrogen and oxygen atoms in total. The number of aliphatic hydroxyl groups excluding tert-OH is 1. The van der Waals surface area contributed by atoms with Gasteiger partial charge in [-0.3, -0.25) is 5.32 Å². The highest BCUT2D eigenvalue weighted by molar-refractivity contribution is 7.87. The maximum absolute atomic E-state index is 12.5. The van der Waals surface area contributed by atoms with Crippen LogP contribution in [0.5, 0.6) is 5.75 Å². The fourth-order valence-electron chi connectivity index (χ4n) is 2.61. The van der Waals surface area contributed by atoms with Gasteiger partial charge in [-0.05, 0) is 42.8 Å². The lowest BCUT2D eigenvalue weighted by atomic mass is 10.2. The summed E-state index contributed by atoms with van der Waals surface area (Å²) in [5.74, 6) is 0.0698. The van der Waals surface area contributed by atoms with E-state index in [9.17, 15) is 18.3 Å². The fraction of sp³-hybridized carbons (Fsp3) is 0.222. The molecule has 0 radical (unpaired) electrons. The molecule has 0 saturated carbocycles. The van der Waals surface area contributed by atoms with Gasteiger partial charge in [-0.2, -0.15) is 8.42 Å². The zero-order chi connectivity index (χ0) is 21.0. The lowest BCUT2D eigenvalue weighted by molar-refractivity contribution is 0.209. The second-order valence-electron chi connectivity index (χ2n) is 6.19. The molecule has 1 heterocycles. The van der Waals surface area contributed by atoms with Crippen LogP contribution in [0.25, 0.3) is 11.0 Å². The van der Waals surface area contributed by atoms with Crippen molar-refractivity contribution in [2.45, 2.75) is 24.3 Å². The molecule has 0 saturated heterocycles. The van der Waals surface area contributed by atoms with Crippen LogP contribution in [0.2, 0.25) is 0 Å². The maximum Gasteiger partial charge on any atom is 0.411 e. The molecular weight excluding hydrogens is 400 g/mol. The molecule has 11 heteroatoms. The van der Waals surface area contributed by atoms with E-state index in [1.165, 1.54) is 30.3 Å². The van der Waals surface area contributed by atoms with Crippen molar-refractivity contribution in [1.82, 2.24) is 9.97 Å². The quantitative estimate of drug-likeness (QED) is 0.349. The number of aromatic nitrogens is 2. The molecule has 3 aromatic rings. The number of hydrogen-bond donors (Lipinski definition) is 5. The molecule has 2 aromatic carbocycles. The van der Waals surface area contributed by atoms with E-state index >= 15 is 0 Å². The first-order valence-corrected chi connectivity index (χ1v) is 10.1.